The Morgan fingerprint density at radius 1 is 0.900 bits per heavy atom. The normalized spacial score (nSPS) is 17.7. The predicted octanol–water partition coefficient (Wildman–Crippen LogP) is 5.52. The number of halogens is 2. The molecule has 108 valence electrons. The highest BCUT2D eigenvalue weighted by Gasteiger charge is 2.06. The van der Waals surface area contributed by atoms with E-state index in [4.69, 9.17) is 21.1 Å². The van der Waals surface area contributed by atoms with Gasteiger partial charge < -0.3 is 9.47 Å². The van der Waals surface area contributed by atoms with Crippen LogP contribution in [-0.2, 0) is 9.47 Å². The lowest BCUT2D eigenvalue weighted by Gasteiger charge is -2.13. The van der Waals surface area contributed by atoms with Gasteiger partial charge in [0.2, 0.25) is 0 Å². The zero-order valence-corrected chi connectivity index (χ0v) is 13.6. The van der Waals surface area contributed by atoms with Gasteiger partial charge in [0.15, 0.2) is 0 Å². The molecule has 2 aliphatic rings. The summed E-state index contributed by atoms with van der Waals surface area (Å²) in [6.45, 7) is 1.73. The molecule has 0 N–H and O–H groups in total. The molecular formula is C16H18BrClO2. The van der Waals surface area contributed by atoms with E-state index in [-0.39, 0.29) is 0 Å². The van der Waals surface area contributed by atoms with Crippen LogP contribution in [0.1, 0.15) is 31.2 Å². The molecule has 1 aromatic rings. The average molecular weight is 358 g/mol. The van der Waals surface area contributed by atoms with Gasteiger partial charge in [-0.25, -0.2) is 0 Å². The Bertz CT molecular complexity index is 480. The van der Waals surface area contributed by atoms with Gasteiger partial charge in [0.1, 0.15) is 0 Å². The van der Waals surface area contributed by atoms with Crippen LogP contribution in [0.15, 0.2) is 41.3 Å². The highest BCUT2D eigenvalue weighted by Crippen LogP contribution is 2.24. The van der Waals surface area contributed by atoms with Gasteiger partial charge in [0, 0.05) is 9.51 Å². The standard InChI is InChI=1S/C11H11ClO.C5H7BrO/c12-11-5-3-9(4-6-11)10-2-1-7-13-8-10;6-5-2-1-3-7-4-5/h3-6,8H,1-2,7H2;4H,1-3H2. The van der Waals surface area contributed by atoms with Crippen molar-refractivity contribution >= 4 is 33.1 Å². The Hall–Kier alpha value is -0.930. The first-order chi connectivity index (χ1) is 9.75. The third kappa shape index (κ3) is 5.22. The summed E-state index contributed by atoms with van der Waals surface area (Å²) in [7, 11) is 0. The fourth-order valence-corrected chi connectivity index (χ4v) is 2.51. The topological polar surface area (TPSA) is 18.5 Å². The SMILES string of the molecule is BrC1=COCCC1.Clc1ccc(C2=COCCC2)cc1. The van der Waals surface area contributed by atoms with Crippen LogP contribution in [0.5, 0.6) is 0 Å². The summed E-state index contributed by atoms with van der Waals surface area (Å²) in [5.41, 5.74) is 2.48. The summed E-state index contributed by atoms with van der Waals surface area (Å²) in [6, 6.07) is 7.88. The molecule has 20 heavy (non-hydrogen) atoms. The molecule has 0 saturated heterocycles. The van der Waals surface area contributed by atoms with Crippen molar-refractivity contribution in [2.75, 3.05) is 13.2 Å². The molecule has 2 heterocycles. The van der Waals surface area contributed by atoms with Crippen molar-refractivity contribution in [3.05, 3.63) is 51.9 Å². The van der Waals surface area contributed by atoms with Crippen molar-refractivity contribution < 1.29 is 9.47 Å². The van der Waals surface area contributed by atoms with Crippen molar-refractivity contribution in [1.82, 2.24) is 0 Å². The summed E-state index contributed by atoms with van der Waals surface area (Å²) in [5, 5.41) is 0.779. The Morgan fingerprint density at radius 2 is 1.55 bits per heavy atom. The van der Waals surface area contributed by atoms with E-state index in [2.05, 4.69) is 15.9 Å². The molecule has 0 aromatic heterocycles. The maximum absolute atomic E-state index is 5.80. The number of ether oxygens (including phenoxy) is 2. The molecule has 0 bridgehead atoms. The molecule has 0 radical (unpaired) electrons. The Kier molecular flexibility index (Phi) is 6.48. The predicted molar refractivity (Wildman–Crippen MR) is 86.8 cm³/mol. The van der Waals surface area contributed by atoms with Crippen molar-refractivity contribution in [2.45, 2.75) is 25.7 Å². The number of benzene rings is 1. The van der Waals surface area contributed by atoms with Crippen LogP contribution in [0.25, 0.3) is 5.57 Å². The molecule has 0 aliphatic carbocycles. The smallest absolute Gasteiger partial charge is 0.0930 e. The molecule has 0 fully saturated rings. The van der Waals surface area contributed by atoms with E-state index >= 15 is 0 Å². The summed E-state index contributed by atoms with van der Waals surface area (Å²) in [6.07, 6.45) is 8.11. The third-order valence-corrected chi connectivity index (χ3v) is 3.87. The lowest BCUT2D eigenvalue weighted by molar-refractivity contribution is 0.229. The van der Waals surface area contributed by atoms with Crippen LogP contribution in [0.2, 0.25) is 5.02 Å². The monoisotopic (exact) mass is 356 g/mol. The van der Waals surface area contributed by atoms with Crippen LogP contribution in [0, 0.1) is 0 Å². The molecule has 0 amide bonds. The zero-order valence-electron chi connectivity index (χ0n) is 11.3. The van der Waals surface area contributed by atoms with Gasteiger partial charge in [-0.05, 0) is 49.0 Å². The lowest BCUT2D eigenvalue weighted by atomic mass is 10.0. The summed E-state index contributed by atoms with van der Waals surface area (Å²) in [5.74, 6) is 0. The maximum atomic E-state index is 5.80. The molecule has 3 rings (SSSR count). The van der Waals surface area contributed by atoms with Crippen molar-refractivity contribution in [3.8, 4) is 0 Å². The highest BCUT2D eigenvalue weighted by atomic mass is 79.9. The molecule has 2 aliphatic heterocycles. The van der Waals surface area contributed by atoms with Gasteiger partial charge in [-0.15, -0.1) is 0 Å². The first-order valence-corrected chi connectivity index (χ1v) is 7.95. The average Bonchev–Trinajstić information content (AvgIpc) is 2.50. The number of hydrogen-bond donors (Lipinski definition) is 0. The molecular weight excluding hydrogens is 340 g/mol. The summed E-state index contributed by atoms with van der Waals surface area (Å²) in [4.78, 5) is 0. The molecule has 0 saturated carbocycles. The Balaban J connectivity index is 0.000000178. The van der Waals surface area contributed by atoms with Crippen molar-refractivity contribution in [1.29, 1.82) is 0 Å². The molecule has 1 aromatic carbocycles. The molecule has 2 nitrogen and oxygen atoms in total. The zero-order chi connectivity index (χ0) is 14.2. The lowest BCUT2D eigenvalue weighted by Crippen LogP contribution is -1.98. The van der Waals surface area contributed by atoms with Crippen LogP contribution in [-0.4, -0.2) is 13.2 Å². The van der Waals surface area contributed by atoms with Gasteiger partial charge in [-0.3, -0.25) is 0 Å². The second kappa shape index (κ2) is 8.38. The first kappa shape index (κ1) is 15.5. The van der Waals surface area contributed by atoms with Crippen LogP contribution >= 0.6 is 27.5 Å². The van der Waals surface area contributed by atoms with E-state index in [9.17, 15) is 0 Å². The molecule has 4 heteroatoms. The minimum absolute atomic E-state index is 0.779. The van der Waals surface area contributed by atoms with Crippen molar-refractivity contribution in [3.63, 3.8) is 0 Å². The largest absolute Gasteiger partial charge is 0.501 e. The fraction of sp³-hybridized carbons (Fsp3) is 0.375. The second-order valence-corrected chi connectivity index (χ2v) is 6.12. The molecule has 0 spiro atoms. The summed E-state index contributed by atoms with van der Waals surface area (Å²) >= 11 is 9.12. The third-order valence-electron chi connectivity index (χ3n) is 3.04. The molecule has 0 unspecified atom stereocenters. The van der Waals surface area contributed by atoms with Gasteiger partial charge in [0.25, 0.3) is 0 Å². The van der Waals surface area contributed by atoms with Crippen molar-refractivity contribution in [2.24, 2.45) is 0 Å². The molecule has 0 atom stereocenters. The van der Waals surface area contributed by atoms with Gasteiger partial charge in [-0.1, -0.05) is 39.7 Å². The van der Waals surface area contributed by atoms with E-state index < -0.39 is 0 Å². The fourth-order valence-electron chi connectivity index (χ4n) is 1.97. The van der Waals surface area contributed by atoms with Crippen LogP contribution < -0.4 is 0 Å². The van der Waals surface area contributed by atoms with Gasteiger partial charge in [-0.2, -0.15) is 0 Å². The van der Waals surface area contributed by atoms with E-state index in [1.807, 2.05) is 30.5 Å². The highest BCUT2D eigenvalue weighted by molar-refractivity contribution is 9.11. The van der Waals surface area contributed by atoms with E-state index in [0.29, 0.717) is 0 Å². The minimum Gasteiger partial charge on any atom is -0.501 e. The maximum Gasteiger partial charge on any atom is 0.0930 e. The quantitative estimate of drug-likeness (QED) is 0.658. The Labute approximate surface area is 133 Å². The first-order valence-electron chi connectivity index (χ1n) is 6.78. The number of allylic oxidation sites excluding steroid dienone is 2. The van der Waals surface area contributed by atoms with Crippen LogP contribution in [0.3, 0.4) is 0 Å². The number of rotatable bonds is 1. The van der Waals surface area contributed by atoms with Gasteiger partial charge >= 0.3 is 0 Å². The Morgan fingerprint density at radius 3 is 2.00 bits per heavy atom. The van der Waals surface area contributed by atoms with Crippen LogP contribution in [0.4, 0.5) is 0 Å². The second-order valence-electron chi connectivity index (χ2n) is 4.66. The van der Waals surface area contributed by atoms with E-state index in [1.165, 1.54) is 15.6 Å². The van der Waals surface area contributed by atoms with E-state index in [0.717, 1.165) is 43.9 Å². The number of hydrogen-bond acceptors (Lipinski definition) is 2. The van der Waals surface area contributed by atoms with Gasteiger partial charge in [0.05, 0.1) is 25.7 Å². The summed E-state index contributed by atoms with van der Waals surface area (Å²) < 4.78 is 11.4. The minimum atomic E-state index is 0.779. The van der Waals surface area contributed by atoms with E-state index in [1.54, 1.807) is 6.26 Å².